The zero-order valence-corrected chi connectivity index (χ0v) is 16.1. The molecule has 2 atom stereocenters. The van der Waals surface area contributed by atoms with Crippen LogP contribution in [-0.4, -0.2) is 24.4 Å². The first-order chi connectivity index (χ1) is 13.7. The standard InChI is InChI=1S/C22H22F4N2O/c1-14-11-12-18(28(2)13-14)20(15-7-4-3-5-8-15)27-21(29)16-9-6-10-17(19(16)23)22(24,25)26/h3-10,12,14,20H,11,13H2,1-2H3,(H,27,29). The van der Waals surface area contributed by atoms with Crippen LogP contribution in [0.1, 0.15) is 40.9 Å². The lowest BCUT2D eigenvalue weighted by Gasteiger charge is -2.35. The number of likely N-dealkylation sites (N-methyl/N-ethyl adjacent to an activating group) is 1. The van der Waals surface area contributed by atoms with Crippen LogP contribution in [0.3, 0.4) is 0 Å². The number of amides is 1. The lowest BCUT2D eigenvalue weighted by molar-refractivity contribution is -0.140. The van der Waals surface area contributed by atoms with Crippen molar-refractivity contribution in [3.8, 4) is 0 Å². The molecule has 7 heteroatoms. The molecule has 154 valence electrons. The van der Waals surface area contributed by atoms with Gasteiger partial charge in [0.2, 0.25) is 0 Å². The number of allylic oxidation sites excluding steroid dienone is 1. The largest absolute Gasteiger partial charge is 0.419 e. The Morgan fingerprint density at radius 3 is 2.45 bits per heavy atom. The maximum atomic E-state index is 14.4. The van der Waals surface area contributed by atoms with Crippen molar-refractivity contribution in [1.29, 1.82) is 0 Å². The van der Waals surface area contributed by atoms with Gasteiger partial charge in [0, 0.05) is 19.3 Å². The Morgan fingerprint density at radius 1 is 1.14 bits per heavy atom. The van der Waals surface area contributed by atoms with Gasteiger partial charge in [-0.25, -0.2) is 4.39 Å². The smallest absolute Gasteiger partial charge is 0.376 e. The third-order valence-electron chi connectivity index (χ3n) is 5.01. The second kappa shape index (κ2) is 8.27. The summed E-state index contributed by atoms with van der Waals surface area (Å²) in [5.74, 6) is -2.02. The van der Waals surface area contributed by atoms with Gasteiger partial charge >= 0.3 is 6.18 Å². The van der Waals surface area contributed by atoms with E-state index in [1.165, 1.54) is 0 Å². The third-order valence-corrected chi connectivity index (χ3v) is 5.01. The Morgan fingerprint density at radius 2 is 1.83 bits per heavy atom. The van der Waals surface area contributed by atoms with Crippen LogP contribution in [0.5, 0.6) is 0 Å². The van der Waals surface area contributed by atoms with Crippen LogP contribution in [0.2, 0.25) is 0 Å². The molecule has 0 saturated carbocycles. The molecular formula is C22H22F4N2O. The fourth-order valence-corrected chi connectivity index (χ4v) is 3.57. The molecule has 0 bridgehead atoms. The number of nitrogens with zero attached hydrogens (tertiary/aromatic N) is 1. The average molecular weight is 406 g/mol. The molecule has 0 aromatic heterocycles. The SMILES string of the molecule is CC1CC=C(C(NC(=O)c2cccc(C(F)(F)F)c2F)c2ccccc2)N(C)C1. The summed E-state index contributed by atoms with van der Waals surface area (Å²) in [6.07, 6.45) is -2.05. The van der Waals surface area contributed by atoms with E-state index in [-0.39, 0.29) is 0 Å². The molecule has 1 aliphatic rings. The van der Waals surface area contributed by atoms with Crippen LogP contribution in [0, 0.1) is 11.7 Å². The summed E-state index contributed by atoms with van der Waals surface area (Å²) in [5.41, 5.74) is -0.492. The molecule has 1 aliphatic heterocycles. The molecule has 2 aromatic rings. The van der Waals surface area contributed by atoms with Crippen molar-refractivity contribution in [2.45, 2.75) is 25.6 Å². The van der Waals surface area contributed by atoms with Gasteiger partial charge in [-0.1, -0.05) is 49.4 Å². The summed E-state index contributed by atoms with van der Waals surface area (Å²) in [6.45, 7) is 2.89. The van der Waals surface area contributed by atoms with E-state index >= 15 is 0 Å². The summed E-state index contributed by atoms with van der Waals surface area (Å²) >= 11 is 0. The first-order valence-electron chi connectivity index (χ1n) is 9.31. The van der Waals surface area contributed by atoms with Crippen molar-refractivity contribution in [2.75, 3.05) is 13.6 Å². The number of rotatable bonds is 4. The molecular weight excluding hydrogens is 384 g/mol. The second-order valence-corrected chi connectivity index (χ2v) is 7.33. The number of nitrogens with one attached hydrogen (secondary N) is 1. The van der Waals surface area contributed by atoms with Crippen LogP contribution in [-0.2, 0) is 6.18 Å². The van der Waals surface area contributed by atoms with Crippen LogP contribution < -0.4 is 5.32 Å². The molecule has 29 heavy (non-hydrogen) atoms. The van der Waals surface area contributed by atoms with E-state index in [0.29, 0.717) is 12.0 Å². The van der Waals surface area contributed by atoms with Gasteiger partial charge in [-0.15, -0.1) is 0 Å². The molecule has 0 saturated heterocycles. The van der Waals surface area contributed by atoms with Crippen molar-refractivity contribution >= 4 is 5.91 Å². The summed E-state index contributed by atoms with van der Waals surface area (Å²) in [6, 6.07) is 11.2. The Bertz CT molecular complexity index is 909. The van der Waals surface area contributed by atoms with Crippen molar-refractivity contribution < 1.29 is 22.4 Å². The average Bonchev–Trinajstić information content (AvgIpc) is 2.66. The highest BCUT2D eigenvalue weighted by Gasteiger charge is 2.36. The van der Waals surface area contributed by atoms with E-state index in [2.05, 4.69) is 12.2 Å². The summed E-state index contributed by atoms with van der Waals surface area (Å²) in [7, 11) is 1.90. The normalized spacial score (nSPS) is 18.2. The highest BCUT2D eigenvalue weighted by atomic mass is 19.4. The lowest BCUT2D eigenvalue weighted by Crippen LogP contribution is -2.38. The summed E-state index contributed by atoms with van der Waals surface area (Å²) in [5, 5.41) is 2.73. The highest BCUT2D eigenvalue weighted by Crippen LogP contribution is 2.33. The van der Waals surface area contributed by atoms with Gasteiger partial charge < -0.3 is 10.2 Å². The Kier molecular flexibility index (Phi) is 5.96. The van der Waals surface area contributed by atoms with Gasteiger partial charge in [-0.05, 0) is 30.0 Å². The first-order valence-corrected chi connectivity index (χ1v) is 9.31. The molecule has 1 amide bonds. The van der Waals surface area contributed by atoms with Crippen LogP contribution in [0.4, 0.5) is 17.6 Å². The number of hydrogen-bond donors (Lipinski definition) is 1. The highest BCUT2D eigenvalue weighted by molar-refractivity contribution is 5.95. The topological polar surface area (TPSA) is 32.3 Å². The molecule has 2 unspecified atom stereocenters. The van der Waals surface area contributed by atoms with E-state index in [9.17, 15) is 22.4 Å². The molecule has 1 N–H and O–H groups in total. The van der Waals surface area contributed by atoms with Crippen molar-refractivity contribution in [3.05, 3.63) is 82.8 Å². The molecule has 3 nitrogen and oxygen atoms in total. The number of hydrogen-bond acceptors (Lipinski definition) is 2. The van der Waals surface area contributed by atoms with Gasteiger partial charge in [0.15, 0.2) is 0 Å². The van der Waals surface area contributed by atoms with E-state index in [4.69, 9.17) is 0 Å². The van der Waals surface area contributed by atoms with Crippen LogP contribution >= 0.6 is 0 Å². The molecule has 0 spiro atoms. The summed E-state index contributed by atoms with van der Waals surface area (Å²) in [4.78, 5) is 14.8. The molecule has 0 radical (unpaired) electrons. The monoisotopic (exact) mass is 406 g/mol. The quantitative estimate of drug-likeness (QED) is 0.711. The third kappa shape index (κ3) is 4.60. The number of carbonyl (C=O) groups is 1. The van der Waals surface area contributed by atoms with E-state index in [1.54, 1.807) is 0 Å². The van der Waals surface area contributed by atoms with Gasteiger partial charge in [-0.2, -0.15) is 13.2 Å². The Hall–Kier alpha value is -2.83. The number of carbonyl (C=O) groups excluding carboxylic acids is 1. The Balaban J connectivity index is 1.96. The van der Waals surface area contributed by atoms with E-state index in [1.807, 2.05) is 48.4 Å². The number of benzene rings is 2. The van der Waals surface area contributed by atoms with E-state index in [0.717, 1.165) is 36.4 Å². The maximum absolute atomic E-state index is 14.4. The fraction of sp³-hybridized carbons (Fsp3) is 0.318. The van der Waals surface area contributed by atoms with Gasteiger partial charge in [0.25, 0.3) is 5.91 Å². The maximum Gasteiger partial charge on any atom is 0.419 e. The fourth-order valence-electron chi connectivity index (χ4n) is 3.57. The predicted octanol–water partition coefficient (Wildman–Crippen LogP) is 5.17. The Labute approximate surface area is 167 Å². The lowest BCUT2D eigenvalue weighted by atomic mass is 9.95. The summed E-state index contributed by atoms with van der Waals surface area (Å²) < 4.78 is 53.5. The molecule has 0 fully saturated rings. The minimum Gasteiger partial charge on any atom is -0.376 e. The second-order valence-electron chi connectivity index (χ2n) is 7.33. The molecule has 1 heterocycles. The zero-order valence-electron chi connectivity index (χ0n) is 16.1. The van der Waals surface area contributed by atoms with Gasteiger partial charge in [0.1, 0.15) is 5.82 Å². The molecule has 3 rings (SSSR count). The molecule has 2 aromatic carbocycles. The first kappa shape index (κ1) is 20.9. The van der Waals surface area contributed by atoms with Crippen LogP contribution in [0.25, 0.3) is 0 Å². The molecule has 0 aliphatic carbocycles. The van der Waals surface area contributed by atoms with E-state index < -0.39 is 35.1 Å². The van der Waals surface area contributed by atoms with Crippen LogP contribution in [0.15, 0.2) is 60.3 Å². The minimum absolute atomic E-state index is 0.441. The minimum atomic E-state index is -4.87. The van der Waals surface area contributed by atoms with Crippen molar-refractivity contribution in [3.63, 3.8) is 0 Å². The van der Waals surface area contributed by atoms with Crippen molar-refractivity contribution in [1.82, 2.24) is 10.2 Å². The number of halogens is 4. The van der Waals surface area contributed by atoms with Crippen molar-refractivity contribution in [2.24, 2.45) is 5.92 Å². The predicted molar refractivity (Wildman–Crippen MR) is 103 cm³/mol. The van der Waals surface area contributed by atoms with Gasteiger partial charge in [0.05, 0.1) is 17.2 Å². The van der Waals surface area contributed by atoms with Gasteiger partial charge in [-0.3, -0.25) is 4.79 Å². The number of alkyl halides is 3. The zero-order chi connectivity index (χ0) is 21.2.